The third kappa shape index (κ3) is 6.12. The zero-order valence-electron chi connectivity index (χ0n) is 16.7. The van der Waals surface area contributed by atoms with Crippen molar-refractivity contribution in [3.8, 4) is 0 Å². The summed E-state index contributed by atoms with van der Waals surface area (Å²) in [6.07, 6.45) is 5.68. The Bertz CT molecular complexity index is 616. The molecule has 1 atom stereocenters. The van der Waals surface area contributed by atoms with Gasteiger partial charge in [0.25, 0.3) is 0 Å². The minimum Gasteiger partial charge on any atom is -0.392 e. The Labute approximate surface area is 172 Å². The molecule has 0 aliphatic carbocycles. The average Bonchev–Trinajstić information content (AvgIpc) is 2.71. The SMILES string of the molecule is CN1CCN(CC(O)CON=C(Cl)C2(Cc3cccnc3)CCNCC2)CC1. The molecule has 28 heavy (non-hydrogen) atoms. The lowest BCUT2D eigenvalue weighted by Gasteiger charge is -2.36. The number of piperazine rings is 1. The van der Waals surface area contributed by atoms with Crippen LogP contribution in [0.2, 0.25) is 0 Å². The van der Waals surface area contributed by atoms with Crippen LogP contribution in [-0.2, 0) is 11.3 Å². The molecule has 2 aliphatic heterocycles. The number of aliphatic hydroxyl groups is 1. The maximum Gasteiger partial charge on any atom is 0.152 e. The highest BCUT2D eigenvalue weighted by atomic mass is 35.5. The van der Waals surface area contributed by atoms with Crippen LogP contribution in [0.3, 0.4) is 0 Å². The van der Waals surface area contributed by atoms with Crippen molar-refractivity contribution >= 4 is 16.8 Å². The molecule has 3 heterocycles. The fourth-order valence-electron chi connectivity index (χ4n) is 3.91. The Morgan fingerprint density at radius 3 is 2.79 bits per heavy atom. The summed E-state index contributed by atoms with van der Waals surface area (Å²) in [5, 5.41) is 18.4. The second-order valence-corrected chi connectivity index (χ2v) is 8.36. The molecule has 156 valence electrons. The lowest BCUT2D eigenvalue weighted by molar-refractivity contribution is 0.0101. The van der Waals surface area contributed by atoms with Crippen LogP contribution >= 0.6 is 11.6 Å². The van der Waals surface area contributed by atoms with Crippen LogP contribution in [0.15, 0.2) is 29.7 Å². The smallest absolute Gasteiger partial charge is 0.152 e. The van der Waals surface area contributed by atoms with E-state index >= 15 is 0 Å². The number of piperidine rings is 1. The Hall–Kier alpha value is -1.25. The molecule has 2 aliphatic rings. The van der Waals surface area contributed by atoms with Gasteiger partial charge < -0.3 is 20.2 Å². The average molecular weight is 410 g/mol. The number of β-amino-alcohol motifs (C(OH)–C–C–N with tert-alkyl or cyclic N) is 1. The number of hydrogen-bond donors (Lipinski definition) is 2. The van der Waals surface area contributed by atoms with Gasteiger partial charge in [-0.1, -0.05) is 22.8 Å². The van der Waals surface area contributed by atoms with Crippen molar-refractivity contribution in [2.24, 2.45) is 10.6 Å². The quantitative estimate of drug-likeness (QED) is 0.496. The third-order valence-corrected chi connectivity index (χ3v) is 6.21. The number of aromatic nitrogens is 1. The summed E-state index contributed by atoms with van der Waals surface area (Å²) in [4.78, 5) is 14.2. The molecule has 1 aromatic heterocycles. The fraction of sp³-hybridized carbons (Fsp3) is 0.700. The number of rotatable bonds is 8. The molecule has 7 nitrogen and oxygen atoms in total. The van der Waals surface area contributed by atoms with Crippen molar-refractivity contribution in [2.45, 2.75) is 25.4 Å². The summed E-state index contributed by atoms with van der Waals surface area (Å²) in [5.74, 6) is 0. The highest BCUT2D eigenvalue weighted by molar-refractivity contribution is 6.66. The predicted molar refractivity (Wildman–Crippen MR) is 112 cm³/mol. The Morgan fingerprint density at radius 1 is 1.36 bits per heavy atom. The molecular formula is C20H32ClN5O2. The molecule has 1 aromatic rings. The number of oxime groups is 1. The third-order valence-electron chi connectivity index (χ3n) is 5.74. The van der Waals surface area contributed by atoms with Crippen LogP contribution in [0.5, 0.6) is 0 Å². The van der Waals surface area contributed by atoms with E-state index in [-0.39, 0.29) is 12.0 Å². The largest absolute Gasteiger partial charge is 0.392 e. The molecule has 0 aromatic carbocycles. The molecule has 0 radical (unpaired) electrons. The first-order valence-electron chi connectivity index (χ1n) is 10.1. The number of pyridine rings is 1. The lowest BCUT2D eigenvalue weighted by atomic mass is 9.75. The van der Waals surface area contributed by atoms with Crippen LogP contribution in [0.25, 0.3) is 0 Å². The van der Waals surface area contributed by atoms with Crippen molar-refractivity contribution in [1.82, 2.24) is 20.1 Å². The number of halogens is 1. The summed E-state index contributed by atoms with van der Waals surface area (Å²) >= 11 is 6.64. The van der Waals surface area contributed by atoms with E-state index in [4.69, 9.17) is 16.4 Å². The Balaban J connectivity index is 1.53. The van der Waals surface area contributed by atoms with Crippen molar-refractivity contribution < 1.29 is 9.94 Å². The van der Waals surface area contributed by atoms with Gasteiger partial charge in [0.2, 0.25) is 0 Å². The number of nitrogens with one attached hydrogen (secondary N) is 1. The highest BCUT2D eigenvalue weighted by Crippen LogP contribution is 2.36. The maximum atomic E-state index is 10.3. The molecule has 1 unspecified atom stereocenters. The number of hydrogen-bond acceptors (Lipinski definition) is 7. The van der Waals surface area contributed by atoms with Crippen molar-refractivity contribution in [3.05, 3.63) is 30.1 Å². The van der Waals surface area contributed by atoms with E-state index in [0.717, 1.165) is 64.1 Å². The summed E-state index contributed by atoms with van der Waals surface area (Å²) < 4.78 is 0. The predicted octanol–water partition coefficient (Wildman–Crippen LogP) is 1.17. The summed E-state index contributed by atoms with van der Waals surface area (Å²) in [6.45, 7) is 6.56. The topological polar surface area (TPSA) is 73.2 Å². The van der Waals surface area contributed by atoms with E-state index < -0.39 is 6.10 Å². The van der Waals surface area contributed by atoms with Crippen LogP contribution in [0.4, 0.5) is 0 Å². The van der Waals surface area contributed by atoms with Gasteiger partial charge in [0.1, 0.15) is 12.7 Å². The number of aliphatic hydroxyl groups excluding tert-OH is 1. The van der Waals surface area contributed by atoms with Gasteiger partial charge in [0, 0.05) is 50.5 Å². The van der Waals surface area contributed by atoms with Gasteiger partial charge in [-0.25, -0.2) is 0 Å². The fourth-order valence-corrected chi connectivity index (χ4v) is 4.22. The molecule has 0 amide bonds. The molecule has 2 fully saturated rings. The molecule has 2 saturated heterocycles. The molecule has 8 heteroatoms. The minimum absolute atomic E-state index is 0.157. The summed E-state index contributed by atoms with van der Waals surface area (Å²) in [7, 11) is 2.12. The summed E-state index contributed by atoms with van der Waals surface area (Å²) in [5.41, 5.74) is 0.908. The van der Waals surface area contributed by atoms with Gasteiger partial charge in [-0.3, -0.25) is 9.88 Å². The van der Waals surface area contributed by atoms with Gasteiger partial charge in [-0.05, 0) is 51.0 Å². The lowest BCUT2D eigenvalue weighted by Crippen LogP contribution is -2.47. The first-order chi connectivity index (χ1) is 13.6. The van der Waals surface area contributed by atoms with Crippen molar-refractivity contribution in [1.29, 1.82) is 0 Å². The van der Waals surface area contributed by atoms with Crippen molar-refractivity contribution in [2.75, 3.05) is 59.5 Å². The first-order valence-corrected chi connectivity index (χ1v) is 10.5. The van der Waals surface area contributed by atoms with E-state index in [0.29, 0.717) is 11.7 Å². The van der Waals surface area contributed by atoms with E-state index in [1.54, 1.807) is 6.20 Å². The second kappa shape index (κ2) is 10.5. The van der Waals surface area contributed by atoms with Gasteiger partial charge in [-0.2, -0.15) is 0 Å². The van der Waals surface area contributed by atoms with Crippen LogP contribution in [0.1, 0.15) is 18.4 Å². The van der Waals surface area contributed by atoms with E-state index in [1.807, 2.05) is 12.3 Å². The van der Waals surface area contributed by atoms with Crippen molar-refractivity contribution in [3.63, 3.8) is 0 Å². The Morgan fingerprint density at radius 2 is 2.11 bits per heavy atom. The van der Waals surface area contributed by atoms with Gasteiger partial charge in [0.05, 0.1) is 0 Å². The molecule has 2 N–H and O–H groups in total. The van der Waals surface area contributed by atoms with Gasteiger partial charge >= 0.3 is 0 Å². The summed E-state index contributed by atoms with van der Waals surface area (Å²) in [6, 6.07) is 4.02. The maximum absolute atomic E-state index is 10.3. The zero-order chi connectivity index (χ0) is 19.8. The van der Waals surface area contributed by atoms with E-state index in [9.17, 15) is 5.11 Å². The normalized spacial score (nSPS) is 22.8. The van der Waals surface area contributed by atoms with E-state index in [1.165, 1.54) is 0 Å². The molecule has 0 bridgehead atoms. The standard InChI is InChI=1S/C20H32ClN5O2/c1-25-9-11-26(12-10-25)15-18(27)16-28-24-19(21)20(4-7-22-8-5-20)13-17-3-2-6-23-14-17/h2-3,6,14,18,22,27H,4-5,7-13,15-16H2,1H3. The van der Waals surface area contributed by atoms with Crippen LogP contribution in [-0.4, -0.2) is 90.6 Å². The molecular weight excluding hydrogens is 378 g/mol. The second-order valence-electron chi connectivity index (χ2n) is 8.00. The number of nitrogens with zero attached hydrogens (tertiary/aromatic N) is 4. The minimum atomic E-state index is -0.570. The highest BCUT2D eigenvalue weighted by Gasteiger charge is 2.37. The van der Waals surface area contributed by atoms with Gasteiger partial charge in [-0.15, -0.1) is 0 Å². The zero-order valence-corrected chi connectivity index (χ0v) is 17.4. The van der Waals surface area contributed by atoms with Crippen LogP contribution in [0, 0.1) is 5.41 Å². The molecule has 0 spiro atoms. The monoisotopic (exact) mass is 409 g/mol. The number of likely N-dealkylation sites (N-methyl/N-ethyl adjacent to an activating group) is 1. The molecule has 0 saturated carbocycles. The van der Waals surface area contributed by atoms with Crippen LogP contribution < -0.4 is 5.32 Å². The first kappa shape index (κ1) is 21.5. The van der Waals surface area contributed by atoms with E-state index in [2.05, 4.69) is 38.4 Å². The Kier molecular flexibility index (Phi) is 8.05. The molecule has 3 rings (SSSR count). The van der Waals surface area contributed by atoms with Gasteiger partial charge in [0.15, 0.2) is 5.17 Å².